The fraction of sp³-hybridized carbons (Fsp3) is 0.500. The van der Waals surface area contributed by atoms with Crippen molar-refractivity contribution in [3.8, 4) is 0 Å². The number of benzene rings is 1. The largest absolute Gasteiger partial charge is 0.329 e. The van der Waals surface area contributed by atoms with Gasteiger partial charge in [-0.15, -0.1) is 12.4 Å². The van der Waals surface area contributed by atoms with E-state index in [1.54, 1.807) is 9.58 Å². The number of rotatable bonds is 3. The molecule has 2 N–H and O–H groups in total. The summed E-state index contributed by atoms with van der Waals surface area (Å²) in [5.74, 6) is 0.369. The average Bonchev–Trinajstić information content (AvgIpc) is 2.91. The number of nitrogens with zero attached hydrogens (tertiary/aromatic N) is 4. The van der Waals surface area contributed by atoms with E-state index < -0.39 is 6.03 Å². The Morgan fingerprint density at radius 3 is 2.81 bits per heavy atom. The first-order chi connectivity index (χ1) is 12.5. The van der Waals surface area contributed by atoms with Gasteiger partial charge in [0.15, 0.2) is 5.82 Å². The monoisotopic (exact) mass is 392 g/mol. The molecule has 2 saturated heterocycles. The molecule has 1 atom stereocenters. The second-order valence-corrected chi connectivity index (χ2v) is 7.14. The molecule has 27 heavy (non-hydrogen) atoms. The number of fused-ring (bicyclic) bond motifs is 1. The van der Waals surface area contributed by atoms with Crippen LogP contribution in [0.1, 0.15) is 18.9 Å². The van der Waals surface area contributed by atoms with Crippen LogP contribution in [-0.4, -0.2) is 58.8 Å². The van der Waals surface area contributed by atoms with E-state index in [-0.39, 0.29) is 18.3 Å². The van der Waals surface area contributed by atoms with Crippen LogP contribution in [-0.2, 0) is 18.4 Å². The molecule has 2 fully saturated rings. The maximum absolute atomic E-state index is 12.2. The van der Waals surface area contributed by atoms with E-state index in [0.717, 1.165) is 37.1 Å². The molecule has 1 aromatic carbocycles. The summed E-state index contributed by atoms with van der Waals surface area (Å²) < 4.78 is 1.80. The summed E-state index contributed by atoms with van der Waals surface area (Å²) in [7, 11) is 1.88. The fourth-order valence-electron chi connectivity index (χ4n) is 3.76. The number of urea groups is 1. The molecule has 0 bridgehead atoms. The van der Waals surface area contributed by atoms with Crippen LogP contribution >= 0.6 is 12.4 Å². The predicted octanol–water partition coefficient (Wildman–Crippen LogP) is 1.24. The zero-order valence-electron chi connectivity index (χ0n) is 15.6. The highest BCUT2D eigenvalue weighted by Gasteiger charge is 2.28. The molecule has 9 heteroatoms. The highest BCUT2D eigenvalue weighted by atomic mass is 35.5. The van der Waals surface area contributed by atoms with Crippen molar-refractivity contribution in [2.75, 3.05) is 31.1 Å². The molecule has 8 nitrogen and oxygen atoms in total. The van der Waals surface area contributed by atoms with E-state index in [9.17, 15) is 9.59 Å². The van der Waals surface area contributed by atoms with Gasteiger partial charge in [0, 0.05) is 57.6 Å². The Hall–Kier alpha value is -2.16. The van der Waals surface area contributed by atoms with Gasteiger partial charge in [0.1, 0.15) is 0 Å². The fourth-order valence-corrected chi connectivity index (χ4v) is 3.76. The number of imide groups is 1. The Morgan fingerprint density at radius 2 is 2.07 bits per heavy atom. The van der Waals surface area contributed by atoms with Gasteiger partial charge in [-0.2, -0.15) is 5.10 Å². The summed E-state index contributed by atoms with van der Waals surface area (Å²) in [6.07, 6.45) is 0.295. The van der Waals surface area contributed by atoms with Gasteiger partial charge in [-0.05, 0) is 24.6 Å². The number of hydrogen-bond donors (Lipinski definition) is 2. The first kappa shape index (κ1) is 19.6. The second-order valence-electron chi connectivity index (χ2n) is 7.14. The topological polar surface area (TPSA) is 82.5 Å². The molecule has 4 rings (SSSR count). The number of aryl methyl sites for hydroxylation is 1. The Bertz CT molecular complexity index is 867. The van der Waals surface area contributed by atoms with Crippen LogP contribution in [0.2, 0.25) is 0 Å². The van der Waals surface area contributed by atoms with Crippen molar-refractivity contribution in [2.24, 2.45) is 7.05 Å². The molecule has 0 unspecified atom stereocenters. The van der Waals surface area contributed by atoms with Crippen molar-refractivity contribution < 1.29 is 9.59 Å². The number of nitrogens with one attached hydrogen (secondary N) is 2. The SMILES string of the molecule is C[C@H]1CN(Cc2ccc3c(N4CCC(=O)NC4=O)nn(C)c3c2)CCN1.Cl. The van der Waals surface area contributed by atoms with Gasteiger partial charge in [0.2, 0.25) is 5.91 Å². The zero-order chi connectivity index (χ0) is 18.3. The summed E-state index contributed by atoms with van der Waals surface area (Å²) in [4.78, 5) is 27.5. The quantitative estimate of drug-likeness (QED) is 0.821. The van der Waals surface area contributed by atoms with Gasteiger partial charge in [-0.3, -0.25) is 24.6 Å². The van der Waals surface area contributed by atoms with Crippen LogP contribution in [0.25, 0.3) is 10.9 Å². The average molecular weight is 393 g/mol. The van der Waals surface area contributed by atoms with Crippen LogP contribution in [0.3, 0.4) is 0 Å². The number of piperazine rings is 1. The van der Waals surface area contributed by atoms with Crippen molar-refractivity contribution in [2.45, 2.75) is 25.9 Å². The number of carbonyl (C=O) groups is 2. The van der Waals surface area contributed by atoms with Crippen molar-refractivity contribution >= 4 is 41.1 Å². The summed E-state index contributed by atoms with van der Waals surface area (Å²) in [6, 6.07) is 6.39. The lowest BCUT2D eigenvalue weighted by Gasteiger charge is -2.31. The third-order valence-electron chi connectivity index (χ3n) is 5.07. The molecule has 2 aliphatic rings. The molecule has 0 spiro atoms. The van der Waals surface area contributed by atoms with Crippen LogP contribution in [0.5, 0.6) is 0 Å². The Morgan fingerprint density at radius 1 is 1.26 bits per heavy atom. The molecule has 2 aromatic rings. The van der Waals surface area contributed by atoms with Gasteiger partial charge < -0.3 is 5.32 Å². The first-order valence-corrected chi connectivity index (χ1v) is 9.04. The molecule has 0 aliphatic carbocycles. The van der Waals surface area contributed by atoms with Gasteiger partial charge in [0.05, 0.1) is 5.52 Å². The predicted molar refractivity (Wildman–Crippen MR) is 106 cm³/mol. The third kappa shape index (κ3) is 3.92. The van der Waals surface area contributed by atoms with E-state index in [2.05, 4.69) is 39.7 Å². The maximum Gasteiger partial charge on any atom is 0.329 e. The molecule has 3 amide bonds. The minimum atomic E-state index is -0.403. The highest BCUT2D eigenvalue weighted by Crippen LogP contribution is 2.28. The van der Waals surface area contributed by atoms with Gasteiger partial charge in [-0.1, -0.05) is 6.07 Å². The van der Waals surface area contributed by atoms with Gasteiger partial charge in [0.25, 0.3) is 0 Å². The molecular weight excluding hydrogens is 368 g/mol. The van der Waals surface area contributed by atoms with E-state index in [4.69, 9.17) is 0 Å². The molecular formula is C18H25ClN6O2. The maximum atomic E-state index is 12.2. The van der Waals surface area contributed by atoms with E-state index in [1.807, 2.05) is 13.1 Å². The second kappa shape index (κ2) is 7.84. The minimum absolute atomic E-state index is 0. The van der Waals surface area contributed by atoms with Crippen LogP contribution in [0, 0.1) is 0 Å². The van der Waals surface area contributed by atoms with Gasteiger partial charge >= 0.3 is 6.03 Å². The number of carbonyl (C=O) groups excluding carboxylic acids is 2. The zero-order valence-corrected chi connectivity index (χ0v) is 16.4. The normalized spacial score (nSPS) is 21.3. The summed E-state index contributed by atoms with van der Waals surface area (Å²) >= 11 is 0. The summed E-state index contributed by atoms with van der Waals surface area (Å²) in [6.45, 7) is 6.56. The smallest absolute Gasteiger partial charge is 0.312 e. The minimum Gasteiger partial charge on any atom is -0.312 e. The molecule has 3 heterocycles. The number of hydrogen-bond acceptors (Lipinski definition) is 5. The van der Waals surface area contributed by atoms with E-state index in [1.165, 1.54) is 5.56 Å². The number of amides is 3. The molecule has 1 aromatic heterocycles. The Kier molecular flexibility index (Phi) is 5.69. The number of anilines is 1. The first-order valence-electron chi connectivity index (χ1n) is 9.04. The van der Waals surface area contributed by atoms with Crippen molar-refractivity contribution in [1.29, 1.82) is 0 Å². The summed E-state index contributed by atoms with van der Waals surface area (Å²) in [5.41, 5.74) is 2.23. The van der Waals surface area contributed by atoms with Crippen LogP contribution in [0.15, 0.2) is 18.2 Å². The van der Waals surface area contributed by atoms with E-state index in [0.29, 0.717) is 24.8 Å². The molecule has 146 valence electrons. The third-order valence-corrected chi connectivity index (χ3v) is 5.07. The number of aromatic nitrogens is 2. The van der Waals surface area contributed by atoms with Gasteiger partial charge in [-0.25, -0.2) is 4.79 Å². The lowest BCUT2D eigenvalue weighted by Crippen LogP contribution is -2.49. The molecule has 0 saturated carbocycles. The molecule has 0 radical (unpaired) electrons. The Labute approximate surface area is 164 Å². The standard InChI is InChI=1S/C18H24N6O2.ClH/c1-12-10-23(8-6-19-12)11-13-3-4-14-15(9-13)22(2)21-17(14)24-7-5-16(25)20-18(24)26;/h3-4,9,12,19H,5-8,10-11H2,1-2H3,(H,20,25,26);1H/t12-;/m0./s1. The van der Waals surface area contributed by atoms with Crippen LogP contribution < -0.4 is 15.5 Å². The Balaban J connectivity index is 0.00000210. The molecule has 2 aliphatic heterocycles. The number of halogens is 1. The van der Waals surface area contributed by atoms with E-state index >= 15 is 0 Å². The lowest BCUT2D eigenvalue weighted by atomic mass is 10.1. The highest BCUT2D eigenvalue weighted by molar-refractivity contribution is 6.08. The van der Waals surface area contributed by atoms with Crippen molar-refractivity contribution in [1.82, 2.24) is 25.3 Å². The van der Waals surface area contributed by atoms with Crippen molar-refractivity contribution in [3.63, 3.8) is 0 Å². The van der Waals surface area contributed by atoms with Crippen LogP contribution in [0.4, 0.5) is 10.6 Å². The summed E-state index contributed by atoms with van der Waals surface area (Å²) in [5, 5.41) is 11.3. The van der Waals surface area contributed by atoms with Crippen molar-refractivity contribution in [3.05, 3.63) is 23.8 Å². The lowest BCUT2D eigenvalue weighted by molar-refractivity contribution is -0.120.